The molecule has 76 valence electrons. The molecule has 1 heterocycles. The van der Waals surface area contributed by atoms with Crippen LogP contribution in [0.25, 0.3) is 0 Å². The van der Waals surface area contributed by atoms with Crippen LogP contribution in [0.4, 0.5) is 5.82 Å². The molecule has 14 heavy (non-hydrogen) atoms. The average Bonchev–Trinajstić information content (AvgIpc) is 2.17. The third-order valence-electron chi connectivity index (χ3n) is 1.66. The van der Waals surface area contributed by atoms with Gasteiger partial charge in [-0.3, -0.25) is 0 Å². The van der Waals surface area contributed by atoms with Gasteiger partial charge in [-0.05, 0) is 6.42 Å². The minimum atomic E-state index is 0.449. The van der Waals surface area contributed by atoms with Crippen LogP contribution >= 0.6 is 0 Å². The summed E-state index contributed by atoms with van der Waals surface area (Å²) in [6.45, 7) is 6.15. The monoisotopic (exact) mass is 193 g/mol. The number of hydrogen-bond donors (Lipinski definition) is 1. The third-order valence-corrected chi connectivity index (χ3v) is 1.66. The highest BCUT2D eigenvalue weighted by molar-refractivity contribution is 5.32. The van der Waals surface area contributed by atoms with Gasteiger partial charge in [0, 0.05) is 12.5 Å². The van der Waals surface area contributed by atoms with E-state index in [0.717, 1.165) is 12.8 Å². The second kappa shape index (κ2) is 5.21. The molecular formula is C10H15N3O. The lowest BCUT2D eigenvalue weighted by atomic mass is 10.4. The summed E-state index contributed by atoms with van der Waals surface area (Å²) in [4.78, 5) is 8.22. The zero-order valence-corrected chi connectivity index (χ0v) is 8.36. The van der Waals surface area contributed by atoms with Gasteiger partial charge in [0.25, 0.3) is 0 Å². The van der Waals surface area contributed by atoms with Gasteiger partial charge in [-0.1, -0.05) is 13.0 Å². The first-order valence-corrected chi connectivity index (χ1v) is 4.63. The standard InChI is InChI=1S/C10H15N3O/c1-3-5-6-14-10-7-8(11)12-9(4-2)13-10/h3,7H,1,4-6H2,2H3,(H2,11,12,13). The number of rotatable bonds is 5. The van der Waals surface area contributed by atoms with Crippen LogP contribution in [-0.4, -0.2) is 16.6 Å². The van der Waals surface area contributed by atoms with Crippen molar-refractivity contribution in [2.24, 2.45) is 0 Å². The Morgan fingerprint density at radius 3 is 3.00 bits per heavy atom. The van der Waals surface area contributed by atoms with E-state index in [9.17, 15) is 0 Å². The molecule has 0 amide bonds. The average molecular weight is 193 g/mol. The van der Waals surface area contributed by atoms with Gasteiger partial charge in [-0.15, -0.1) is 6.58 Å². The topological polar surface area (TPSA) is 61.0 Å². The van der Waals surface area contributed by atoms with E-state index in [-0.39, 0.29) is 0 Å². The van der Waals surface area contributed by atoms with Crippen LogP contribution in [0.3, 0.4) is 0 Å². The molecule has 4 nitrogen and oxygen atoms in total. The Bertz CT molecular complexity index is 312. The SMILES string of the molecule is C=CCCOc1cc(N)nc(CC)n1. The van der Waals surface area contributed by atoms with Gasteiger partial charge < -0.3 is 10.5 Å². The Balaban J connectivity index is 2.66. The van der Waals surface area contributed by atoms with E-state index < -0.39 is 0 Å². The molecule has 0 fully saturated rings. The van der Waals surface area contributed by atoms with Gasteiger partial charge in [0.2, 0.25) is 5.88 Å². The van der Waals surface area contributed by atoms with Crippen molar-refractivity contribution in [1.82, 2.24) is 9.97 Å². The molecule has 1 rings (SSSR count). The minimum absolute atomic E-state index is 0.449. The second-order valence-electron chi connectivity index (χ2n) is 2.83. The molecule has 1 aromatic rings. The van der Waals surface area contributed by atoms with E-state index in [1.165, 1.54) is 0 Å². The van der Waals surface area contributed by atoms with E-state index >= 15 is 0 Å². The predicted octanol–water partition coefficient (Wildman–Crippen LogP) is 1.58. The van der Waals surface area contributed by atoms with Gasteiger partial charge >= 0.3 is 0 Å². The number of anilines is 1. The molecule has 0 saturated heterocycles. The molecule has 1 aromatic heterocycles. The maximum atomic E-state index is 5.59. The minimum Gasteiger partial charge on any atom is -0.477 e. The summed E-state index contributed by atoms with van der Waals surface area (Å²) in [6.07, 6.45) is 3.35. The summed E-state index contributed by atoms with van der Waals surface area (Å²) < 4.78 is 5.37. The molecule has 0 aliphatic rings. The van der Waals surface area contributed by atoms with Crippen LogP contribution < -0.4 is 10.5 Å². The number of ether oxygens (including phenoxy) is 1. The number of hydrogen-bond acceptors (Lipinski definition) is 4. The fourth-order valence-corrected chi connectivity index (χ4v) is 0.971. The van der Waals surface area contributed by atoms with Crippen LogP contribution in [0.15, 0.2) is 18.7 Å². The van der Waals surface area contributed by atoms with Crippen LogP contribution in [0.1, 0.15) is 19.2 Å². The first kappa shape index (κ1) is 10.5. The molecule has 0 aliphatic heterocycles. The molecule has 0 aliphatic carbocycles. The van der Waals surface area contributed by atoms with Crippen molar-refractivity contribution in [3.05, 3.63) is 24.5 Å². The Kier molecular flexibility index (Phi) is 3.91. The summed E-state index contributed by atoms with van der Waals surface area (Å²) in [5, 5.41) is 0. The summed E-state index contributed by atoms with van der Waals surface area (Å²) in [7, 11) is 0. The largest absolute Gasteiger partial charge is 0.477 e. The number of nitrogen functional groups attached to an aromatic ring is 1. The normalized spacial score (nSPS) is 9.79. The molecule has 0 spiro atoms. The quantitative estimate of drug-likeness (QED) is 0.569. The zero-order chi connectivity index (χ0) is 10.4. The van der Waals surface area contributed by atoms with Gasteiger partial charge in [-0.25, -0.2) is 4.98 Å². The number of aryl methyl sites for hydroxylation is 1. The molecule has 0 unspecified atom stereocenters. The lowest BCUT2D eigenvalue weighted by molar-refractivity contribution is 0.311. The first-order chi connectivity index (χ1) is 6.76. The van der Waals surface area contributed by atoms with Crippen molar-refractivity contribution in [2.75, 3.05) is 12.3 Å². The highest BCUT2D eigenvalue weighted by Gasteiger charge is 2.01. The Labute approximate surface area is 83.8 Å². The number of aromatic nitrogens is 2. The summed E-state index contributed by atoms with van der Waals surface area (Å²) in [5.41, 5.74) is 5.59. The lowest BCUT2D eigenvalue weighted by Gasteiger charge is -2.05. The van der Waals surface area contributed by atoms with Crippen molar-refractivity contribution in [1.29, 1.82) is 0 Å². The number of nitrogens with zero attached hydrogens (tertiary/aromatic N) is 2. The maximum absolute atomic E-state index is 5.59. The van der Waals surface area contributed by atoms with E-state index in [4.69, 9.17) is 10.5 Å². The highest BCUT2D eigenvalue weighted by atomic mass is 16.5. The van der Waals surface area contributed by atoms with Crippen LogP contribution in [0.2, 0.25) is 0 Å². The van der Waals surface area contributed by atoms with Crippen molar-refractivity contribution in [3.63, 3.8) is 0 Å². The Morgan fingerprint density at radius 2 is 2.36 bits per heavy atom. The van der Waals surface area contributed by atoms with E-state index in [1.54, 1.807) is 12.1 Å². The molecule has 0 bridgehead atoms. The van der Waals surface area contributed by atoms with Gasteiger partial charge in [0.15, 0.2) is 0 Å². The van der Waals surface area contributed by atoms with Crippen LogP contribution in [-0.2, 0) is 6.42 Å². The van der Waals surface area contributed by atoms with Crippen LogP contribution in [0, 0.1) is 0 Å². The van der Waals surface area contributed by atoms with Crippen molar-refractivity contribution in [2.45, 2.75) is 19.8 Å². The fraction of sp³-hybridized carbons (Fsp3) is 0.400. The fourth-order valence-electron chi connectivity index (χ4n) is 0.971. The Morgan fingerprint density at radius 1 is 1.57 bits per heavy atom. The second-order valence-corrected chi connectivity index (χ2v) is 2.83. The molecule has 0 atom stereocenters. The molecular weight excluding hydrogens is 178 g/mol. The van der Waals surface area contributed by atoms with Crippen molar-refractivity contribution >= 4 is 5.82 Å². The molecule has 0 saturated carbocycles. The zero-order valence-electron chi connectivity index (χ0n) is 8.36. The molecule has 0 aromatic carbocycles. The van der Waals surface area contributed by atoms with Crippen molar-refractivity contribution < 1.29 is 4.74 Å². The first-order valence-electron chi connectivity index (χ1n) is 4.63. The predicted molar refractivity (Wildman–Crippen MR) is 56.1 cm³/mol. The van der Waals surface area contributed by atoms with Crippen molar-refractivity contribution in [3.8, 4) is 5.88 Å². The van der Waals surface area contributed by atoms with E-state index in [0.29, 0.717) is 24.1 Å². The summed E-state index contributed by atoms with van der Waals surface area (Å²) >= 11 is 0. The third kappa shape index (κ3) is 3.05. The van der Waals surface area contributed by atoms with Gasteiger partial charge in [0.1, 0.15) is 11.6 Å². The van der Waals surface area contributed by atoms with Gasteiger partial charge in [-0.2, -0.15) is 4.98 Å². The Hall–Kier alpha value is -1.58. The molecule has 0 radical (unpaired) electrons. The smallest absolute Gasteiger partial charge is 0.218 e. The summed E-state index contributed by atoms with van der Waals surface area (Å²) in [5.74, 6) is 1.69. The van der Waals surface area contributed by atoms with E-state index in [2.05, 4.69) is 16.5 Å². The molecule has 2 N–H and O–H groups in total. The molecule has 4 heteroatoms. The number of nitrogens with two attached hydrogens (primary N) is 1. The maximum Gasteiger partial charge on any atom is 0.218 e. The van der Waals surface area contributed by atoms with Crippen LogP contribution in [0.5, 0.6) is 5.88 Å². The lowest BCUT2D eigenvalue weighted by Crippen LogP contribution is -2.03. The van der Waals surface area contributed by atoms with Gasteiger partial charge in [0.05, 0.1) is 6.61 Å². The summed E-state index contributed by atoms with van der Waals surface area (Å²) in [6, 6.07) is 1.63. The highest BCUT2D eigenvalue weighted by Crippen LogP contribution is 2.11. The van der Waals surface area contributed by atoms with E-state index in [1.807, 2.05) is 6.92 Å².